The lowest BCUT2D eigenvalue weighted by Crippen LogP contribution is -2.29. The van der Waals surface area contributed by atoms with E-state index in [-0.39, 0.29) is 21.1 Å². The van der Waals surface area contributed by atoms with E-state index in [0.717, 1.165) is 48.0 Å². The van der Waals surface area contributed by atoms with Crippen LogP contribution in [0.3, 0.4) is 0 Å². The van der Waals surface area contributed by atoms with E-state index in [1.54, 1.807) is 32.0 Å². The van der Waals surface area contributed by atoms with Crippen LogP contribution in [0.1, 0.15) is 70.7 Å². The van der Waals surface area contributed by atoms with Crippen LogP contribution in [0.2, 0.25) is 0 Å². The summed E-state index contributed by atoms with van der Waals surface area (Å²) in [5.74, 6) is -2.87. The molecule has 2 heterocycles. The predicted molar refractivity (Wildman–Crippen MR) is 157 cm³/mol. The van der Waals surface area contributed by atoms with Gasteiger partial charge in [-0.1, -0.05) is 55.7 Å². The number of unbranched alkanes of at least 4 members (excludes halogenated alkanes) is 3. The number of hydrogen-bond acceptors (Lipinski definition) is 9. The van der Waals surface area contributed by atoms with Gasteiger partial charge in [-0.15, -0.1) is 0 Å². The Kier molecular flexibility index (Phi) is 9.62. The third-order valence-corrected chi connectivity index (χ3v) is 8.15. The Bertz CT molecular complexity index is 1550. The average Bonchev–Trinajstić information content (AvgIpc) is 3.49. The number of aryl methyl sites for hydroxylation is 2. The molecule has 1 N–H and O–H groups in total. The first kappa shape index (κ1) is 30.7. The number of benzene rings is 2. The zero-order chi connectivity index (χ0) is 30.6. The number of anilines is 1. The number of amides is 1. The SMILES string of the molecule is CCCCCCOc1ccc(C2/C(=C(/O)c3ccc(C)c(F)c3)C(=O)C(=O)N2c2nc(C)c(C(=O)OC)s2)cc1OC. The van der Waals surface area contributed by atoms with Gasteiger partial charge in [-0.2, -0.15) is 0 Å². The van der Waals surface area contributed by atoms with Gasteiger partial charge in [-0.05, 0) is 49.6 Å². The molecule has 2 aromatic carbocycles. The molecule has 1 atom stereocenters. The van der Waals surface area contributed by atoms with Crippen LogP contribution >= 0.6 is 11.3 Å². The summed E-state index contributed by atoms with van der Waals surface area (Å²) in [5, 5.41) is 11.4. The predicted octanol–water partition coefficient (Wildman–Crippen LogP) is 6.28. The van der Waals surface area contributed by atoms with E-state index in [0.29, 0.717) is 34.9 Å². The maximum atomic E-state index is 14.5. The fraction of sp³-hybridized carbons (Fsp3) is 0.355. The Hall–Kier alpha value is -4.25. The van der Waals surface area contributed by atoms with E-state index in [1.807, 2.05) is 0 Å². The molecule has 1 unspecified atom stereocenters. The molecule has 0 radical (unpaired) electrons. The van der Waals surface area contributed by atoms with Crippen LogP contribution in [-0.4, -0.2) is 48.6 Å². The van der Waals surface area contributed by atoms with Crippen LogP contribution in [0, 0.1) is 19.7 Å². The number of ether oxygens (including phenoxy) is 3. The molecule has 4 rings (SSSR count). The first-order chi connectivity index (χ1) is 20.1. The van der Waals surface area contributed by atoms with Gasteiger partial charge in [-0.25, -0.2) is 14.2 Å². The lowest BCUT2D eigenvalue weighted by atomic mass is 9.94. The Morgan fingerprint density at radius 1 is 1.07 bits per heavy atom. The summed E-state index contributed by atoms with van der Waals surface area (Å²) in [6, 6.07) is 7.84. The fourth-order valence-corrected chi connectivity index (χ4v) is 5.70. The Morgan fingerprint density at radius 2 is 1.83 bits per heavy atom. The standard InChI is InChI=1S/C31H33FN2O7S/c1-6-7-8-9-14-41-22-13-12-19(16-23(22)39-4)25-24(26(35)20-11-10-17(2)21(32)15-20)27(36)29(37)34(25)31-33-18(3)28(42-31)30(38)40-5/h10-13,15-16,25,35H,6-9,14H2,1-5H3/b26-24-. The number of halogens is 1. The van der Waals surface area contributed by atoms with E-state index in [9.17, 15) is 23.9 Å². The van der Waals surface area contributed by atoms with Gasteiger partial charge >= 0.3 is 11.9 Å². The minimum Gasteiger partial charge on any atom is -0.507 e. The maximum absolute atomic E-state index is 14.5. The molecule has 1 aliphatic heterocycles. The largest absolute Gasteiger partial charge is 0.507 e. The number of carbonyl (C=O) groups is 3. The number of aromatic nitrogens is 1. The lowest BCUT2D eigenvalue weighted by molar-refractivity contribution is -0.132. The van der Waals surface area contributed by atoms with Crippen molar-refractivity contribution in [1.82, 2.24) is 4.98 Å². The van der Waals surface area contributed by atoms with Crippen molar-refractivity contribution in [3.8, 4) is 11.5 Å². The molecular weight excluding hydrogens is 563 g/mol. The molecule has 1 aliphatic rings. The third kappa shape index (κ3) is 6.01. The van der Waals surface area contributed by atoms with Crippen molar-refractivity contribution in [3.63, 3.8) is 0 Å². The molecule has 0 bridgehead atoms. The highest BCUT2D eigenvalue weighted by Crippen LogP contribution is 2.45. The maximum Gasteiger partial charge on any atom is 0.350 e. The highest BCUT2D eigenvalue weighted by Gasteiger charge is 2.48. The zero-order valence-corrected chi connectivity index (χ0v) is 25.0. The van der Waals surface area contributed by atoms with Crippen molar-refractivity contribution in [2.45, 2.75) is 52.5 Å². The Morgan fingerprint density at radius 3 is 2.50 bits per heavy atom. The van der Waals surface area contributed by atoms with E-state index < -0.39 is 35.3 Å². The van der Waals surface area contributed by atoms with Crippen LogP contribution in [0.25, 0.3) is 5.76 Å². The molecule has 1 fully saturated rings. The van der Waals surface area contributed by atoms with E-state index in [1.165, 1.54) is 26.4 Å². The monoisotopic (exact) mass is 596 g/mol. The number of esters is 1. The molecule has 11 heteroatoms. The molecule has 0 aliphatic carbocycles. The number of Topliss-reactive ketones (excluding diaryl/α,β-unsaturated/α-hetero) is 1. The quantitative estimate of drug-likeness (QED) is 0.0904. The van der Waals surface area contributed by atoms with Gasteiger partial charge in [0, 0.05) is 5.56 Å². The first-order valence-corrected chi connectivity index (χ1v) is 14.4. The number of carbonyl (C=O) groups excluding carboxylic acids is 3. The second-order valence-electron chi connectivity index (χ2n) is 9.86. The van der Waals surface area contributed by atoms with Crippen LogP contribution in [-0.2, 0) is 14.3 Å². The number of thiazole rings is 1. The van der Waals surface area contributed by atoms with Gasteiger partial charge in [0.15, 0.2) is 16.6 Å². The van der Waals surface area contributed by atoms with Gasteiger partial charge in [0.2, 0.25) is 0 Å². The molecule has 3 aromatic rings. The molecule has 0 saturated carbocycles. The van der Waals surface area contributed by atoms with Crippen molar-refractivity contribution in [2.24, 2.45) is 0 Å². The lowest BCUT2D eigenvalue weighted by Gasteiger charge is -2.24. The zero-order valence-electron chi connectivity index (χ0n) is 24.2. The van der Waals surface area contributed by atoms with E-state index in [4.69, 9.17) is 14.2 Å². The molecule has 1 saturated heterocycles. The van der Waals surface area contributed by atoms with Gasteiger partial charge in [0.05, 0.1) is 38.1 Å². The molecule has 9 nitrogen and oxygen atoms in total. The number of ketones is 1. The van der Waals surface area contributed by atoms with Crippen molar-refractivity contribution in [1.29, 1.82) is 0 Å². The molecule has 1 amide bonds. The molecule has 1 aromatic heterocycles. The Balaban J connectivity index is 1.85. The summed E-state index contributed by atoms with van der Waals surface area (Å²) in [6.45, 7) is 5.77. The van der Waals surface area contributed by atoms with Gasteiger partial charge in [0.25, 0.3) is 5.78 Å². The fourth-order valence-electron chi connectivity index (χ4n) is 4.69. The molecule has 42 heavy (non-hydrogen) atoms. The van der Waals surface area contributed by atoms with Crippen molar-refractivity contribution in [3.05, 3.63) is 75.0 Å². The first-order valence-electron chi connectivity index (χ1n) is 13.6. The summed E-state index contributed by atoms with van der Waals surface area (Å²) in [6.07, 6.45) is 4.12. The molecule has 222 valence electrons. The number of aliphatic hydroxyl groups is 1. The van der Waals surface area contributed by atoms with Crippen molar-refractivity contribution < 1.29 is 38.1 Å². The number of nitrogens with zero attached hydrogens (tertiary/aromatic N) is 2. The van der Waals surface area contributed by atoms with Crippen LogP contribution in [0.5, 0.6) is 11.5 Å². The number of rotatable bonds is 11. The Labute approximate surface area is 247 Å². The highest BCUT2D eigenvalue weighted by molar-refractivity contribution is 7.17. The normalized spacial score (nSPS) is 16.1. The van der Waals surface area contributed by atoms with Gasteiger partial charge in [0.1, 0.15) is 16.5 Å². The third-order valence-electron chi connectivity index (χ3n) is 7.01. The number of aliphatic hydroxyl groups excluding tert-OH is 1. The smallest absolute Gasteiger partial charge is 0.350 e. The van der Waals surface area contributed by atoms with Crippen LogP contribution in [0.15, 0.2) is 42.0 Å². The topological polar surface area (TPSA) is 115 Å². The summed E-state index contributed by atoms with van der Waals surface area (Å²) >= 11 is 0.885. The minimum absolute atomic E-state index is 0.0330. The average molecular weight is 597 g/mol. The number of methoxy groups -OCH3 is 2. The van der Waals surface area contributed by atoms with E-state index >= 15 is 0 Å². The molecule has 0 spiro atoms. The van der Waals surface area contributed by atoms with Crippen molar-refractivity contribution in [2.75, 3.05) is 25.7 Å². The summed E-state index contributed by atoms with van der Waals surface area (Å²) in [7, 11) is 2.70. The van der Waals surface area contributed by atoms with Gasteiger partial charge in [-0.3, -0.25) is 14.5 Å². The molecular formula is C31H33FN2O7S. The van der Waals surface area contributed by atoms with E-state index in [2.05, 4.69) is 11.9 Å². The van der Waals surface area contributed by atoms with Crippen LogP contribution < -0.4 is 14.4 Å². The summed E-state index contributed by atoms with van der Waals surface area (Å²) in [4.78, 5) is 45.0. The second kappa shape index (κ2) is 13.2. The number of hydrogen-bond donors (Lipinski definition) is 1. The minimum atomic E-state index is -1.17. The highest BCUT2D eigenvalue weighted by atomic mass is 32.1. The second-order valence-corrected chi connectivity index (χ2v) is 10.8. The van der Waals surface area contributed by atoms with Gasteiger partial charge < -0.3 is 19.3 Å². The summed E-state index contributed by atoms with van der Waals surface area (Å²) < 4.78 is 30.8. The van der Waals surface area contributed by atoms with Crippen LogP contribution in [0.4, 0.5) is 9.52 Å². The summed E-state index contributed by atoms with van der Waals surface area (Å²) in [5.41, 5.74) is 0.849. The van der Waals surface area contributed by atoms with Crippen molar-refractivity contribution >= 4 is 39.9 Å².